The highest BCUT2D eigenvalue weighted by molar-refractivity contribution is 5.72. The molecule has 0 spiro atoms. The Labute approximate surface area is 111 Å². The van der Waals surface area contributed by atoms with Gasteiger partial charge in [-0.3, -0.25) is 0 Å². The third-order valence-electron chi connectivity index (χ3n) is 3.17. The predicted octanol–water partition coefficient (Wildman–Crippen LogP) is 3.23. The topological polar surface area (TPSA) is 51.2 Å². The second kappa shape index (κ2) is 4.90. The number of hydrogen-bond acceptors (Lipinski definition) is 4. The van der Waals surface area contributed by atoms with Gasteiger partial charge in [0.25, 0.3) is 0 Å². The lowest BCUT2D eigenvalue weighted by molar-refractivity contribution is 0.391. The number of fused-ring (bicyclic) bond motifs is 1. The monoisotopic (exact) mass is 256 g/mol. The van der Waals surface area contributed by atoms with Crippen molar-refractivity contribution in [3.8, 4) is 0 Å². The zero-order valence-electron chi connectivity index (χ0n) is 11.0. The fourth-order valence-corrected chi connectivity index (χ4v) is 2.17. The van der Waals surface area contributed by atoms with E-state index in [0.717, 1.165) is 28.5 Å². The molecule has 0 saturated carbocycles. The van der Waals surface area contributed by atoms with Crippen LogP contribution in [-0.2, 0) is 6.42 Å². The third kappa shape index (κ3) is 2.39. The zero-order chi connectivity index (χ0) is 13.2. The number of benzene rings is 1. The van der Waals surface area contributed by atoms with E-state index in [0.29, 0.717) is 6.42 Å². The number of aromatic nitrogens is 1. The molecular formula is C15H16N2O2. The number of rotatable bonds is 4. The van der Waals surface area contributed by atoms with Crippen LogP contribution < -0.4 is 5.32 Å². The van der Waals surface area contributed by atoms with Gasteiger partial charge < -0.3 is 14.2 Å². The molecule has 0 saturated heterocycles. The van der Waals surface area contributed by atoms with Crippen LogP contribution >= 0.6 is 0 Å². The van der Waals surface area contributed by atoms with Crippen molar-refractivity contribution in [2.75, 3.05) is 7.05 Å². The van der Waals surface area contributed by atoms with E-state index in [2.05, 4.69) is 10.3 Å². The number of hydrogen-bond donors (Lipinski definition) is 1. The maximum absolute atomic E-state index is 5.74. The molecule has 1 unspecified atom stereocenters. The van der Waals surface area contributed by atoms with Crippen molar-refractivity contribution in [2.45, 2.75) is 19.4 Å². The van der Waals surface area contributed by atoms with Gasteiger partial charge in [-0.2, -0.15) is 0 Å². The highest BCUT2D eigenvalue weighted by Crippen LogP contribution is 2.22. The lowest BCUT2D eigenvalue weighted by Crippen LogP contribution is -2.18. The average molecular weight is 256 g/mol. The van der Waals surface area contributed by atoms with E-state index >= 15 is 0 Å². The second-order valence-electron chi connectivity index (χ2n) is 4.57. The van der Waals surface area contributed by atoms with Crippen LogP contribution in [0.3, 0.4) is 0 Å². The molecule has 0 aliphatic rings. The van der Waals surface area contributed by atoms with Crippen molar-refractivity contribution in [3.63, 3.8) is 0 Å². The van der Waals surface area contributed by atoms with Crippen molar-refractivity contribution in [1.82, 2.24) is 10.3 Å². The average Bonchev–Trinajstić information content (AvgIpc) is 3.01. The molecule has 4 heteroatoms. The summed E-state index contributed by atoms with van der Waals surface area (Å²) in [4.78, 5) is 4.48. The van der Waals surface area contributed by atoms with Crippen molar-refractivity contribution in [3.05, 3.63) is 53.8 Å². The van der Waals surface area contributed by atoms with Crippen LogP contribution in [0.25, 0.3) is 11.1 Å². The lowest BCUT2D eigenvalue weighted by Gasteiger charge is -2.10. The molecule has 4 nitrogen and oxygen atoms in total. The third-order valence-corrected chi connectivity index (χ3v) is 3.17. The first-order chi connectivity index (χ1) is 9.26. The molecule has 0 bridgehead atoms. The Bertz CT molecular complexity index is 651. The van der Waals surface area contributed by atoms with Gasteiger partial charge in [-0.25, -0.2) is 4.98 Å². The molecule has 0 radical (unpaired) electrons. The van der Waals surface area contributed by atoms with Gasteiger partial charge >= 0.3 is 0 Å². The van der Waals surface area contributed by atoms with E-state index in [1.165, 1.54) is 0 Å². The summed E-state index contributed by atoms with van der Waals surface area (Å²) in [6.07, 6.45) is 0.665. The number of aryl methyl sites for hydroxylation is 1. The summed E-state index contributed by atoms with van der Waals surface area (Å²) >= 11 is 0. The van der Waals surface area contributed by atoms with E-state index in [1.54, 1.807) is 0 Å². The smallest absolute Gasteiger partial charge is 0.197 e. The summed E-state index contributed by atoms with van der Waals surface area (Å²) in [5, 5.41) is 3.23. The predicted molar refractivity (Wildman–Crippen MR) is 73.0 cm³/mol. The summed E-state index contributed by atoms with van der Waals surface area (Å²) in [6.45, 7) is 1.94. The SMILES string of the molecule is CNC(Cc1nc2ccccc2o1)c1ccc(C)o1. The highest BCUT2D eigenvalue weighted by atomic mass is 16.4. The van der Waals surface area contributed by atoms with Gasteiger partial charge in [-0.1, -0.05) is 12.1 Å². The van der Waals surface area contributed by atoms with Crippen LogP contribution in [0.2, 0.25) is 0 Å². The largest absolute Gasteiger partial charge is 0.465 e. The van der Waals surface area contributed by atoms with Crippen LogP contribution in [0.4, 0.5) is 0 Å². The van der Waals surface area contributed by atoms with Crippen LogP contribution in [0.5, 0.6) is 0 Å². The molecule has 0 fully saturated rings. The summed E-state index contributed by atoms with van der Waals surface area (Å²) in [6, 6.07) is 11.8. The summed E-state index contributed by atoms with van der Waals surface area (Å²) in [5.41, 5.74) is 1.71. The van der Waals surface area contributed by atoms with Gasteiger partial charge in [0.05, 0.1) is 6.04 Å². The first-order valence-corrected chi connectivity index (χ1v) is 6.34. The Hall–Kier alpha value is -2.07. The van der Waals surface area contributed by atoms with Crippen LogP contribution in [0, 0.1) is 6.92 Å². The summed E-state index contributed by atoms with van der Waals surface area (Å²) < 4.78 is 11.4. The minimum absolute atomic E-state index is 0.0711. The van der Waals surface area contributed by atoms with Crippen molar-refractivity contribution < 1.29 is 8.83 Å². The molecule has 1 atom stereocenters. The Morgan fingerprint density at radius 1 is 1.16 bits per heavy atom. The second-order valence-corrected chi connectivity index (χ2v) is 4.57. The molecule has 2 aromatic heterocycles. The van der Waals surface area contributed by atoms with Crippen LogP contribution in [-0.4, -0.2) is 12.0 Å². The molecule has 19 heavy (non-hydrogen) atoms. The Kier molecular flexibility index (Phi) is 3.09. The summed E-state index contributed by atoms with van der Waals surface area (Å²) in [7, 11) is 1.91. The number of oxazole rings is 1. The van der Waals surface area contributed by atoms with E-state index in [-0.39, 0.29) is 6.04 Å². The maximum Gasteiger partial charge on any atom is 0.197 e. The number of nitrogens with zero attached hydrogens (tertiary/aromatic N) is 1. The highest BCUT2D eigenvalue weighted by Gasteiger charge is 2.17. The summed E-state index contributed by atoms with van der Waals surface area (Å²) in [5.74, 6) is 2.53. The van der Waals surface area contributed by atoms with Crippen molar-refractivity contribution >= 4 is 11.1 Å². The van der Waals surface area contributed by atoms with Crippen molar-refractivity contribution in [2.24, 2.45) is 0 Å². The normalized spacial score (nSPS) is 12.9. The molecule has 0 amide bonds. The van der Waals surface area contributed by atoms with Crippen molar-refractivity contribution in [1.29, 1.82) is 0 Å². The van der Waals surface area contributed by atoms with Crippen LogP contribution in [0.15, 0.2) is 45.2 Å². The first kappa shape index (κ1) is 12.0. The van der Waals surface area contributed by atoms with Gasteiger partial charge in [0, 0.05) is 6.42 Å². The quantitative estimate of drug-likeness (QED) is 0.778. The number of furan rings is 1. The molecule has 3 rings (SSSR count). The first-order valence-electron chi connectivity index (χ1n) is 6.34. The lowest BCUT2D eigenvalue weighted by atomic mass is 10.1. The van der Waals surface area contributed by atoms with Gasteiger partial charge in [0.15, 0.2) is 11.5 Å². The minimum Gasteiger partial charge on any atom is -0.465 e. The molecule has 3 aromatic rings. The Balaban J connectivity index is 1.86. The van der Waals surface area contributed by atoms with E-state index in [4.69, 9.17) is 8.83 Å². The minimum atomic E-state index is 0.0711. The number of nitrogens with one attached hydrogen (secondary N) is 1. The fraction of sp³-hybridized carbons (Fsp3) is 0.267. The maximum atomic E-state index is 5.74. The standard InChI is InChI=1S/C15H16N2O2/c1-10-7-8-14(18-10)12(16-2)9-15-17-11-5-3-4-6-13(11)19-15/h3-8,12,16H,9H2,1-2H3. The Morgan fingerprint density at radius 3 is 2.68 bits per heavy atom. The fourth-order valence-electron chi connectivity index (χ4n) is 2.17. The van der Waals surface area contributed by atoms with Gasteiger partial charge in [-0.15, -0.1) is 0 Å². The molecule has 98 valence electrons. The van der Waals surface area contributed by atoms with E-state index in [9.17, 15) is 0 Å². The molecule has 1 aromatic carbocycles. The van der Waals surface area contributed by atoms with Gasteiger partial charge in [0.1, 0.15) is 17.0 Å². The molecule has 1 N–H and O–H groups in total. The molecule has 2 heterocycles. The molecular weight excluding hydrogens is 240 g/mol. The Morgan fingerprint density at radius 2 is 2.00 bits per heavy atom. The van der Waals surface area contributed by atoms with Gasteiger partial charge in [0.2, 0.25) is 0 Å². The van der Waals surface area contributed by atoms with E-state index in [1.807, 2.05) is 50.4 Å². The van der Waals surface area contributed by atoms with Gasteiger partial charge in [-0.05, 0) is 38.2 Å². The van der Waals surface area contributed by atoms with Crippen LogP contribution in [0.1, 0.15) is 23.5 Å². The van der Waals surface area contributed by atoms with E-state index < -0.39 is 0 Å². The number of para-hydroxylation sites is 2. The zero-order valence-corrected chi connectivity index (χ0v) is 11.0. The molecule has 0 aliphatic carbocycles. The molecule has 0 aliphatic heterocycles. The number of likely N-dealkylation sites (N-methyl/N-ethyl adjacent to an activating group) is 1.